The molecule has 1 aliphatic rings. The monoisotopic (exact) mass is 302 g/mol. The Morgan fingerprint density at radius 3 is 3.09 bits per heavy atom. The van der Waals surface area contributed by atoms with Crippen molar-refractivity contribution in [3.05, 3.63) is 29.9 Å². The molecule has 0 spiro atoms. The molecule has 7 heteroatoms. The molecular weight excluding hydrogens is 284 g/mol. The van der Waals surface area contributed by atoms with Crippen LogP contribution >= 0.6 is 0 Å². The summed E-state index contributed by atoms with van der Waals surface area (Å²) in [4.78, 5) is 20.1. The second kappa shape index (κ2) is 6.13. The van der Waals surface area contributed by atoms with Crippen LogP contribution < -0.4 is 5.32 Å². The Hall–Kier alpha value is -2.44. The summed E-state index contributed by atoms with van der Waals surface area (Å²) in [6, 6.07) is 3.43. The van der Waals surface area contributed by atoms with Crippen molar-refractivity contribution in [1.82, 2.24) is 20.4 Å². The van der Waals surface area contributed by atoms with Gasteiger partial charge in [-0.1, -0.05) is 5.16 Å². The van der Waals surface area contributed by atoms with Crippen LogP contribution in [0.1, 0.15) is 50.2 Å². The van der Waals surface area contributed by atoms with Gasteiger partial charge in [0.05, 0.1) is 6.61 Å². The fourth-order valence-electron chi connectivity index (χ4n) is 2.13. The number of rotatable bonds is 5. The summed E-state index contributed by atoms with van der Waals surface area (Å²) in [5.41, 5.74) is 1.94. The highest BCUT2D eigenvalue weighted by atomic mass is 16.5. The Morgan fingerprint density at radius 1 is 1.55 bits per heavy atom. The number of carbonyl (C=O) groups is 1. The molecule has 1 amide bonds. The molecule has 22 heavy (non-hydrogen) atoms. The van der Waals surface area contributed by atoms with Crippen LogP contribution in [-0.2, 0) is 4.74 Å². The highest BCUT2D eigenvalue weighted by Crippen LogP contribution is 2.39. The lowest BCUT2D eigenvalue weighted by atomic mass is 10.2. The van der Waals surface area contributed by atoms with Gasteiger partial charge in [0.2, 0.25) is 11.7 Å². The summed E-state index contributed by atoms with van der Waals surface area (Å²) >= 11 is 0. The van der Waals surface area contributed by atoms with Crippen molar-refractivity contribution in [1.29, 1.82) is 0 Å². The van der Waals surface area contributed by atoms with Gasteiger partial charge in [-0.05, 0) is 38.8 Å². The van der Waals surface area contributed by atoms with Crippen molar-refractivity contribution in [2.24, 2.45) is 0 Å². The third-order valence-corrected chi connectivity index (χ3v) is 3.46. The molecule has 1 fully saturated rings. The number of carbonyl (C=O) groups excluding carboxylic acids is 1. The van der Waals surface area contributed by atoms with E-state index in [1.54, 1.807) is 20.0 Å². The Balaban J connectivity index is 1.72. The van der Waals surface area contributed by atoms with Gasteiger partial charge in [-0.15, -0.1) is 0 Å². The number of nitrogens with one attached hydrogen (secondary N) is 1. The summed E-state index contributed by atoms with van der Waals surface area (Å²) in [6.45, 7) is 3.82. The molecule has 2 aromatic heterocycles. The fraction of sp³-hybridized carbons (Fsp3) is 0.467. The van der Waals surface area contributed by atoms with Crippen molar-refractivity contribution in [3.63, 3.8) is 0 Å². The van der Waals surface area contributed by atoms with Gasteiger partial charge in [0.15, 0.2) is 0 Å². The molecule has 1 atom stereocenters. The van der Waals surface area contributed by atoms with Gasteiger partial charge in [-0.25, -0.2) is 4.79 Å². The molecule has 0 unspecified atom stereocenters. The van der Waals surface area contributed by atoms with Crippen molar-refractivity contribution >= 4 is 6.09 Å². The lowest BCUT2D eigenvalue weighted by Gasteiger charge is -2.08. The van der Waals surface area contributed by atoms with E-state index in [1.807, 2.05) is 12.1 Å². The SMILES string of the molecule is CCOC(=O)N[C@@H](C)c1nc(-c2ccnc(C3CC3)c2)no1. The second-order valence-corrected chi connectivity index (χ2v) is 5.29. The molecule has 2 aromatic rings. The summed E-state index contributed by atoms with van der Waals surface area (Å²) in [6.07, 6.45) is 3.64. The first-order valence-electron chi connectivity index (χ1n) is 7.40. The molecule has 0 saturated heterocycles. The lowest BCUT2D eigenvalue weighted by Crippen LogP contribution is -2.27. The second-order valence-electron chi connectivity index (χ2n) is 5.29. The molecule has 7 nitrogen and oxygen atoms in total. The lowest BCUT2D eigenvalue weighted by molar-refractivity contribution is 0.146. The zero-order valence-corrected chi connectivity index (χ0v) is 12.6. The number of amides is 1. The largest absolute Gasteiger partial charge is 0.450 e. The van der Waals surface area contributed by atoms with Gasteiger partial charge >= 0.3 is 6.09 Å². The summed E-state index contributed by atoms with van der Waals surface area (Å²) in [5.74, 6) is 1.40. The van der Waals surface area contributed by atoms with Crippen LogP contribution in [0, 0.1) is 0 Å². The maximum Gasteiger partial charge on any atom is 0.407 e. The number of alkyl carbamates (subject to hydrolysis) is 1. The topological polar surface area (TPSA) is 90.1 Å². The van der Waals surface area contributed by atoms with E-state index in [0.29, 0.717) is 24.2 Å². The predicted octanol–water partition coefficient (Wildman–Crippen LogP) is 2.82. The number of hydrogen-bond donors (Lipinski definition) is 1. The van der Waals surface area contributed by atoms with Crippen molar-refractivity contribution in [2.75, 3.05) is 6.61 Å². The summed E-state index contributed by atoms with van der Waals surface area (Å²) in [5, 5.41) is 6.61. The highest BCUT2D eigenvalue weighted by molar-refractivity contribution is 5.67. The zero-order valence-electron chi connectivity index (χ0n) is 12.6. The predicted molar refractivity (Wildman–Crippen MR) is 78.1 cm³/mol. The van der Waals surface area contributed by atoms with E-state index in [-0.39, 0.29) is 0 Å². The van der Waals surface area contributed by atoms with E-state index >= 15 is 0 Å². The quantitative estimate of drug-likeness (QED) is 0.913. The van der Waals surface area contributed by atoms with Crippen LogP contribution in [0.2, 0.25) is 0 Å². The standard InChI is InChI=1S/C15H18N4O3/c1-3-21-15(20)17-9(2)14-18-13(19-22-14)11-6-7-16-12(8-11)10-4-5-10/h6-10H,3-5H2,1-2H3,(H,17,20)/t9-/m0/s1. The number of pyridine rings is 1. The van der Waals surface area contributed by atoms with Crippen molar-refractivity contribution in [2.45, 2.75) is 38.6 Å². The molecule has 0 bridgehead atoms. The Morgan fingerprint density at radius 2 is 2.36 bits per heavy atom. The van der Waals surface area contributed by atoms with E-state index in [9.17, 15) is 4.79 Å². The minimum absolute atomic E-state index is 0.314. The van der Waals surface area contributed by atoms with Crippen LogP contribution in [0.3, 0.4) is 0 Å². The van der Waals surface area contributed by atoms with Gasteiger partial charge in [0.25, 0.3) is 0 Å². The smallest absolute Gasteiger partial charge is 0.407 e. The summed E-state index contributed by atoms with van der Waals surface area (Å²) in [7, 11) is 0. The van der Waals surface area contributed by atoms with Crippen LogP contribution in [-0.4, -0.2) is 27.8 Å². The van der Waals surface area contributed by atoms with Gasteiger partial charge < -0.3 is 14.6 Å². The molecule has 1 N–H and O–H groups in total. The first-order valence-corrected chi connectivity index (χ1v) is 7.40. The minimum atomic E-state index is -0.505. The Kier molecular flexibility index (Phi) is 4.04. The molecule has 0 aromatic carbocycles. The Bertz CT molecular complexity index is 666. The average Bonchev–Trinajstić information content (AvgIpc) is 3.24. The molecular formula is C15H18N4O3. The van der Waals surface area contributed by atoms with E-state index in [2.05, 4.69) is 20.4 Å². The van der Waals surface area contributed by atoms with Gasteiger partial charge in [0.1, 0.15) is 6.04 Å². The van der Waals surface area contributed by atoms with Crippen molar-refractivity contribution in [3.8, 4) is 11.4 Å². The fourth-order valence-corrected chi connectivity index (χ4v) is 2.13. The number of aromatic nitrogens is 3. The first-order chi connectivity index (χ1) is 10.7. The highest BCUT2D eigenvalue weighted by Gasteiger charge is 2.25. The third-order valence-electron chi connectivity index (χ3n) is 3.46. The van der Waals surface area contributed by atoms with Crippen LogP contribution in [0.15, 0.2) is 22.9 Å². The Labute approximate surface area is 128 Å². The van der Waals surface area contributed by atoms with Crippen LogP contribution in [0.4, 0.5) is 4.79 Å². The van der Waals surface area contributed by atoms with Crippen LogP contribution in [0.25, 0.3) is 11.4 Å². The molecule has 0 radical (unpaired) electrons. The molecule has 2 heterocycles. The summed E-state index contributed by atoms with van der Waals surface area (Å²) < 4.78 is 10.1. The molecule has 1 saturated carbocycles. The molecule has 0 aliphatic heterocycles. The van der Waals surface area contributed by atoms with E-state index in [4.69, 9.17) is 9.26 Å². The number of hydrogen-bond acceptors (Lipinski definition) is 6. The van der Waals surface area contributed by atoms with E-state index < -0.39 is 12.1 Å². The zero-order chi connectivity index (χ0) is 15.5. The third kappa shape index (κ3) is 3.24. The van der Waals surface area contributed by atoms with E-state index in [1.165, 1.54) is 12.8 Å². The average molecular weight is 302 g/mol. The maximum atomic E-state index is 11.4. The number of nitrogens with zero attached hydrogens (tertiary/aromatic N) is 3. The van der Waals surface area contributed by atoms with Gasteiger partial charge in [-0.3, -0.25) is 4.98 Å². The van der Waals surface area contributed by atoms with Gasteiger partial charge in [-0.2, -0.15) is 4.98 Å². The molecule has 1 aliphatic carbocycles. The first kappa shape index (κ1) is 14.5. The number of ether oxygens (including phenoxy) is 1. The van der Waals surface area contributed by atoms with Crippen molar-refractivity contribution < 1.29 is 14.1 Å². The molecule has 3 rings (SSSR count). The normalized spacial score (nSPS) is 15.4. The molecule has 116 valence electrons. The van der Waals surface area contributed by atoms with Crippen LogP contribution in [0.5, 0.6) is 0 Å². The minimum Gasteiger partial charge on any atom is -0.450 e. The van der Waals surface area contributed by atoms with E-state index in [0.717, 1.165) is 11.3 Å². The van der Waals surface area contributed by atoms with Gasteiger partial charge in [0, 0.05) is 23.4 Å². The maximum absolute atomic E-state index is 11.4.